The van der Waals surface area contributed by atoms with Gasteiger partial charge in [0.15, 0.2) is 6.10 Å². The van der Waals surface area contributed by atoms with Crippen molar-refractivity contribution in [2.75, 3.05) is 0 Å². The van der Waals surface area contributed by atoms with Gasteiger partial charge in [0.2, 0.25) is 5.60 Å². The molecule has 6 heteroatoms. The zero-order valence-electron chi connectivity index (χ0n) is 8.99. The Labute approximate surface area is 96.8 Å². The van der Waals surface area contributed by atoms with Crippen molar-refractivity contribution in [2.45, 2.75) is 18.6 Å². The molecule has 0 spiro atoms. The van der Waals surface area contributed by atoms with Crippen molar-refractivity contribution in [3.05, 3.63) is 35.4 Å². The summed E-state index contributed by atoms with van der Waals surface area (Å²) >= 11 is 0. The van der Waals surface area contributed by atoms with Crippen molar-refractivity contribution in [1.82, 2.24) is 0 Å². The molecule has 0 saturated carbocycles. The van der Waals surface area contributed by atoms with E-state index in [0.717, 1.165) is 0 Å². The Hall–Kier alpha value is -1.92. The fourth-order valence-corrected chi connectivity index (χ4v) is 1.56. The van der Waals surface area contributed by atoms with Crippen molar-refractivity contribution >= 4 is 11.9 Å². The molecule has 2 atom stereocenters. The van der Waals surface area contributed by atoms with E-state index in [-0.39, 0.29) is 5.56 Å². The number of aliphatic hydroxyl groups is 2. The molecule has 0 saturated heterocycles. The number of aliphatic hydroxyl groups excluding tert-OH is 1. The normalized spacial score (nSPS) is 15.9. The predicted octanol–water partition coefficient (Wildman–Crippen LogP) is -0.287. The first-order valence-corrected chi connectivity index (χ1v) is 4.74. The number of hydrogen-bond donors (Lipinski definition) is 4. The first-order valence-electron chi connectivity index (χ1n) is 4.74. The van der Waals surface area contributed by atoms with Crippen LogP contribution in [0.5, 0.6) is 0 Å². The van der Waals surface area contributed by atoms with Gasteiger partial charge in [-0.25, -0.2) is 9.59 Å². The highest BCUT2D eigenvalue weighted by Gasteiger charge is 2.50. The van der Waals surface area contributed by atoms with E-state index in [4.69, 9.17) is 10.2 Å². The minimum absolute atomic E-state index is 0.151. The molecule has 6 nitrogen and oxygen atoms in total. The van der Waals surface area contributed by atoms with Crippen LogP contribution in [0.15, 0.2) is 24.3 Å². The minimum Gasteiger partial charge on any atom is -0.479 e. The number of aliphatic carboxylic acids is 2. The van der Waals surface area contributed by atoms with Gasteiger partial charge in [-0.05, 0) is 12.5 Å². The Balaban J connectivity index is 3.41. The third-order valence-corrected chi connectivity index (χ3v) is 2.51. The fourth-order valence-electron chi connectivity index (χ4n) is 1.56. The van der Waals surface area contributed by atoms with Crippen molar-refractivity contribution < 1.29 is 30.0 Å². The maximum absolute atomic E-state index is 11.0. The van der Waals surface area contributed by atoms with Gasteiger partial charge in [0.1, 0.15) is 0 Å². The van der Waals surface area contributed by atoms with Gasteiger partial charge in [-0.3, -0.25) is 0 Å². The molecule has 0 radical (unpaired) electrons. The summed E-state index contributed by atoms with van der Waals surface area (Å²) in [5.41, 5.74) is -2.64. The van der Waals surface area contributed by atoms with E-state index in [1.54, 1.807) is 6.07 Å². The summed E-state index contributed by atoms with van der Waals surface area (Å²) < 4.78 is 0. The molecule has 1 aromatic carbocycles. The van der Waals surface area contributed by atoms with Gasteiger partial charge >= 0.3 is 11.9 Å². The van der Waals surface area contributed by atoms with Crippen molar-refractivity contribution in [3.8, 4) is 0 Å². The van der Waals surface area contributed by atoms with E-state index in [9.17, 15) is 19.8 Å². The number of benzene rings is 1. The Bertz CT molecular complexity index is 455. The van der Waals surface area contributed by atoms with Gasteiger partial charge < -0.3 is 20.4 Å². The second-order valence-electron chi connectivity index (χ2n) is 3.63. The fraction of sp³-hybridized carbons (Fsp3) is 0.273. The summed E-state index contributed by atoms with van der Waals surface area (Å²) in [6, 6.07) is 5.83. The molecule has 0 unspecified atom stereocenters. The average molecular weight is 240 g/mol. The zero-order valence-corrected chi connectivity index (χ0v) is 8.99. The maximum Gasteiger partial charge on any atom is 0.343 e. The molecule has 4 N–H and O–H groups in total. The van der Waals surface area contributed by atoms with E-state index in [1.807, 2.05) is 0 Å². The lowest BCUT2D eigenvalue weighted by Crippen LogP contribution is -2.51. The highest BCUT2D eigenvalue weighted by molar-refractivity contribution is 5.88. The summed E-state index contributed by atoms with van der Waals surface area (Å²) in [6.45, 7) is 1.51. The lowest BCUT2D eigenvalue weighted by atomic mass is 9.85. The van der Waals surface area contributed by atoms with Crippen LogP contribution in [0.1, 0.15) is 11.1 Å². The summed E-state index contributed by atoms with van der Waals surface area (Å²) in [6.07, 6.45) is -2.44. The van der Waals surface area contributed by atoms with Crippen LogP contribution in [-0.4, -0.2) is 38.5 Å². The predicted molar refractivity (Wildman–Crippen MR) is 56.4 cm³/mol. The summed E-state index contributed by atoms with van der Waals surface area (Å²) in [7, 11) is 0. The lowest BCUT2D eigenvalue weighted by Gasteiger charge is -2.27. The van der Waals surface area contributed by atoms with E-state index >= 15 is 0 Å². The Morgan fingerprint density at radius 1 is 1.24 bits per heavy atom. The second kappa shape index (κ2) is 4.52. The van der Waals surface area contributed by atoms with E-state index in [2.05, 4.69) is 0 Å². The largest absolute Gasteiger partial charge is 0.479 e. The molecule has 17 heavy (non-hydrogen) atoms. The van der Waals surface area contributed by atoms with Crippen LogP contribution in [-0.2, 0) is 15.2 Å². The summed E-state index contributed by atoms with van der Waals surface area (Å²) in [5, 5.41) is 36.9. The van der Waals surface area contributed by atoms with Crippen LogP contribution in [0.25, 0.3) is 0 Å². The third-order valence-electron chi connectivity index (χ3n) is 2.51. The van der Waals surface area contributed by atoms with Crippen LogP contribution in [0.3, 0.4) is 0 Å². The monoisotopic (exact) mass is 240 g/mol. The Morgan fingerprint density at radius 2 is 1.76 bits per heavy atom. The second-order valence-corrected chi connectivity index (χ2v) is 3.63. The SMILES string of the molecule is Cc1ccccc1[C@@](O)(C(=O)O)[C@H](O)C(=O)O. The van der Waals surface area contributed by atoms with Crippen LogP contribution in [0.4, 0.5) is 0 Å². The Morgan fingerprint density at radius 3 is 2.18 bits per heavy atom. The summed E-state index contributed by atoms with van der Waals surface area (Å²) in [4.78, 5) is 21.7. The maximum atomic E-state index is 11.0. The van der Waals surface area contributed by atoms with Gasteiger partial charge in [0.25, 0.3) is 0 Å². The quantitative estimate of drug-likeness (QED) is 0.575. The number of carbonyl (C=O) groups is 2. The molecule has 0 aliphatic rings. The highest BCUT2D eigenvalue weighted by Crippen LogP contribution is 2.28. The van der Waals surface area contributed by atoms with E-state index < -0.39 is 23.6 Å². The number of rotatable bonds is 4. The molecule has 1 rings (SSSR count). The van der Waals surface area contributed by atoms with Gasteiger partial charge in [-0.2, -0.15) is 0 Å². The molecule has 0 amide bonds. The molecule has 1 aromatic rings. The summed E-state index contributed by atoms with van der Waals surface area (Å²) in [5.74, 6) is -3.63. The van der Waals surface area contributed by atoms with Crippen molar-refractivity contribution in [2.24, 2.45) is 0 Å². The van der Waals surface area contributed by atoms with E-state index in [0.29, 0.717) is 5.56 Å². The zero-order chi connectivity index (χ0) is 13.2. The standard InChI is InChI=1S/C11H12O6/c1-6-4-2-3-5-7(6)11(17,10(15)16)8(12)9(13)14/h2-5,8,12,17H,1H3,(H,13,14)(H,15,16)/t8-,11+/m1/s1. The smallest absolute Gasteiger partial charge is 0.343 e. The molecule has 0 fully saturated rings. The van der Waals surface area contributed by atoms with Crippen LogP contribution >= 0.6 is 0 Å². The Kier molecular flexibility index (Phi) is 3.50. The van der Waals surface area contributed by atoms with Crippen molar-refractivity contribution in [3.63, 3.8) is 0 Å². The average Bonchev–Trinajstić information content (AvgIpc) is 2.27. The van der Waals surface area contributed by atoms with Crippen LogP contribution in [0.2, 0.25) is 0 Å². The molecule has 92 valence electrons. The van der Waals surface area contributed by atoms with E-state index in [1.165, 1.54) is 25.1 Å². The minimum atomic E-state index is -2.86. The molecule has 0 aromatic heterocycles. The van der Waals surface area contributed by atoms with Crippen LogP contribution in [0, 0.1) is 6.92 Å². The van der Waals surface area contributed by atoms with Crippen LogP contribution < -0.4 is 0 Å². The first-order chi connectivity index (χ1) is 7.81. The molecule has 0 aliphatic carbocycles. The van der Waals surface area contributed by atoms with Gasteiger partial charge in [-0.1, -0.05) is 24.3 Å². The molecule has 0 aliphatic heterocycles. The molecule has 0 heterocycles. The van der Waals surface area contributed by atoms with Gasteiger partial charge in [-0.15, -0.1) is 0 Å². The number of aryl methyl sites for hydroxylation is 1. The van der Waals surface area contributed by atoms with Crippen molar-refractivity contribution in [1.29, 1.82) is 0 Å². The topological polar surface area (TPSA) is 115 Å². The third kappa shape index (κ3) is 2.13. The number of carboxylic acids is 2. The number of hydrogen-bond acceptors (Lipinski definition) is 4. The lowest BCUT2D eigenvalue weighted by molar-refractivity contribution is -0.185. The molecular formula is C11H12O6. The number of carboxylic acid groups (broad SMARTS) is 2. The molecule has 0 bridgehead atoms. The highest BCUT2D eigenvalue weighted by atomic mass is 16.4. The van der Waals surface area contributed by atoms with Gasteiger partial charge in [0, 0.05) is 5.56 Å². The first kappa shape index (κ1) is 13.1. The molecular weight excluding hydrogens is 228 g/mol. The van der Waals surface area contributed by atoms with Gasteiger partial charge in [0.05, 0.1) is 0 Å².